The molecule has 0 aliphatic rings. The molecule has 0 saturated heterocycles. The Kier molecular flexibility index (Phi) is 7.05. The smallest absolute Gasteiger partial charge is 0.255 e. The molecule has 0 radical (unpaired) electrons. The van der Waals surface area contributed by atoms with Crippen LogP contribution in [0.1, 0.15) is 21.5 Å². The lowest BCUT2D eigenvalue weighted by Gasteiger charge is -2.13. The van der Waals surface area contributed by atoms with E-state index in [2.05, 4.69) is 17.4 Å². The van der Waals surface area contributed by atoms with Crippen LogP contribution < -0.4 is 20.5 Å². The maximum atomic E-state index is 12.9. The fraction of sp³-hybridized carbons (Fsp3) is 0.167. The van der Waals surface area contributed by atoms with E-state index in [1.165, 1.54) is 12.7 Å². The van der Waals surface area contributed by atoms with Gasteiger partial charge in [-0.15, -0.1) is 0 Å². The number of aryl methyl sites for hydroxylation is 2. The average Bonchev–Trinajstić information content (AvgIpc) is 2.77. The lowest BCUT2D eigenvalue weighted by Crippen LogP contribution is -2.20. The molecule has 30 heavy (non-hydrogen) atoms. The minimum atomic E-state index is -0.598. The van der Waals surface area contributed by atoms with Gasteiger partial charge in [-0.1, -0.05) is 48.5 Å². The molecule has 0 saturated carbocycles. The molecular weight excluding hydrogens is 380 g/mol. The predicted octanol–water partition coefficient (Wildman–Crippen LogP) is 3.60. The van der Waals surface area contributed by atoms with E-state index in [4.69, 9.17) is 15.2 Å². The number of carbonyl (C=O) groups excluding carboxylic acids is 2. The van der Waals surface area contributed by atoms with Gasteiger partial charge in [0.15, 0.2) is 18.1 Å². The zero-order chi connectivity index (χ0) is 21.3. The van der Waals surface area contributed by atoms with Crippen molar-refractivity contribution in [3.63, 3.8) is 0 Å². The lowest BCUT2D eigenvalue weighted by atomic mass is 9.99. The van der Waals surface area contributed by atoms with Crippen LogP contribution >= 0.6 is 0 Å². The third-order valence-electron chi connectivity index (χ3n) is 4.58. The highest BCUT2D eigenvalue weighted by Crippen LogP contribution is 2.30. The van der Waals surface area contributed by atoms with Gasteiger partial charge in [0.05, 0.1) is 7.11 Å². The Hall–Kier alpha value is -3.80. The molecule has 0 aliphatic carbocycles. The standard InChI is InChI=1S/C24H24N2O4/c1-29-21-14-13-19(15-22(21)30-16-23(25)27)26-24(28)20-10-6-5-9-18(20)12-11-17-7-3-2-4-8-17/h2-10,13-15H,11-12,16H2,1H3,(H2,25,27)(H,26,28). The summed E-state index contributed by atoms with van der Waals surface area (Å²) in [4.78, 5) is 23.9. The minimum Gasteiger partial charge on any atom is -0.493 e. The van der Waals surface area contributed by atoms with E-state index < -0.39 is 5.91 Å². The molecule has 3 aromatic carbocycles. The minimum absolute atomic E-state index is 0.218. The van der Waals surface area contributed by atoms with Crippen molar-refractivity contribution < 1.29 is 19.1 Å². The summed E-state index contributed by atoms with van der Waals surface area (Å²) in [6, 6.07) is 22.7. The normalized spacial score (nSPS) is 10.3. The van der Waals surface area contributed by atoms with E-state index >= 15 is 0 Å². The second-order valence-corrected chi connectivity index (χ2v) is 6.72. The Bertz CT molecular complexity index is 1020. The number of nitrogens with one attached hydrogen (secondary N) is 1. The molecule has 3 rings (SSSR count). The molecule has 0 bridgehead atoms. The first-order valence-electron chi connectivity index (χ1n) is 9.59. The van der Waals surface area contributed by atoms with Crippen molar-refractivity contribution in [3.05, 3.63) is 89.5 Å². The largest absolute Gasteiger partial charge is 0.493 e. The molecule has 154 valence electrons. The van der Waals surface area contributed by atoms with Gasteiger partial charge in [0, 0.05) is 17.3 Å². The van der Waals surface area contributed by atoms with Gasteiger partial charge in [0.1, 0.15) is 0 Å². The molecule has 0 fully saturated rings. The van der Waals surface area contributed by atoms with Gasteiger partial charge in [0.25, 0.3) is 11.8 Å². The van der Waals surface area contributed by atoms with Crippen LogP contribution in [0.4, 0.5) is 5.69 Å². The summed E-state index contributed by atoms with van der Waals surface area (Å²) in [7, 11) is 1.49. The lowest BCUT2D eigenvalue weighted by molar-refractivity contribution is -0.119. The van der Waals surface area contributed by atoms with Gasteiger partial charge >= 0.3 is 0 Å². The van der Waals surface area contributed by atoms with Crippen LogP contribution in [0, 0.1) is 0 Å². The van der Waals surface area contributed by atoms with Crippen LogP contribution in [0.15, 0.2) is 72.8 Å². The van der Waals surface area contributed by atoms with E-state index in [0.717, 1.165) is 18.4 Å². The van der Waals surface area contributed by atoms with E-state index in [1.807, 2.05) is 42.5 Å². The number of anilines is 1. The Balaban J connectivity index is 1.74. The highest BCUT2D eigenvalue weighted by molar-refractivity contribution is 6.05. The first kappa shape index (κ1) is 20.9. The Morgan fingerprint density at radius 1 is 0.900 bits per heavy atom. The molecule has 2 amide bonds. The van der Waals surface area contributed by atoms with Crippen LogP contribution in [0.3, 0.4) is 0 Å². The number of carbonyl (C=O) groups is 2. The summed E-state index contributed by atoms with van der Waals surface area (Å²) in [6.07, 6.45) is 1.60. The number of nitrogens with two attached hydrogens (primary N) is 1. The van der Waals surface area contributed by atoms with Crippen molar-refractivity contribution in [2.45, 2.75) is 12.8 Å². The van der Waals surface area contributed by atoms with Crippen molar-refractivity contribution in [2.24, 2.45) is 5.73 Å². The van der Waals surface area contributed by atoms with Crippen molar-refractivity contribution in [3.8, 4) is 11.5 Å². The summed E-state index contributed by atoms with van der Waals surface area (Å²) in [6.45, 7) is -0.282. The molecule has 6 nitrogen and oxygen atoms in total. The molecular formula is C24H24N2O4. The second-order valence-electron chi connectivity index (χ2n) is 6.72. The quantitative estimate of drug-likeness (QED) is 0.570. The van der Waals surface area contributed by atoms with Gasteiger partial charge in [-0.2, -0.15) is 0 Å². The van der Waals surface area contributed by atoms with Crippen molar-refractivity contribution in [1.29, 1.82) is 0 Å². The zero-order valence-electron chi connectivity index (χ0n) is 16.8. The van der Waals surface area contributed by atoms with Crippen molar-refractivity contribution in [1.82, 2.24) is 0 Å². The van der Waals surface area contributed by atoms with Crippen molar-refractivity contribution >= 4 is 17.5 Å². The summed E-state index contributed by atoms with van der Waals surface area (Å²) in [5, 5.41) is 2.89. The maximum absolute atomic E-state index is 12.9. The predicted molar refractivity (Wildman–Crippen MR) is 116 cm³/mol. The molecule has 0 spiro atoms. The van der Waals surface area contributed by atoms with Gasteiger partial charge < -0.3 is 20.5 Å². The first-order chi connectivity index (χ1) is 14.6. The van der Waals surface area contributed by atoms with E-state index in [9.17, 15) is 9.59 Å². The van der Waals surface area contributed by atoms with Crippen LogP contribution in [0.2, 0.25) is 0 Å². The molecule has 6 heteroatoms. The summed E-state index contributed by atoms with van der Waals surface area (Å²) in [5.74, 6) is -0.0486. The molecule has 0 aromatic heterocycles. The summed E-state index contributed by atoms with van der Waals surface area (Å²) >= 11 is 0. The summed E-state index contributed by atoms with van der Waals surface area (Å²) in [5.41, 5.74) is 8.47. The first-order valence-corrected chi connectivity index (χ1v) is 9.59. The van der Waals surface area contributed by atoms with E-state index in [-0.39, 0.29) is 12.5 Å². The Morgan fingerprint density at radius 2 is 1.63 bits per heavy atom. The van der Waals surface area contributed by atoms with Gasteiger partial charge in [-0.3, -0.25) is 9.59 Å². The molecule has 0 atom stereocenters. The SMILES string of the molecule is COc1ccc(NC(=O)c2ccccc2CCc2ccccc2)cc1OCC(N)=O. The van der Waals surface area contributed by atoms with Crippen LogP contribution in [0.5, 0.6) is 11.5 Å². The molecule has 0 unspecified atom stereocenters. The average molecular weight is 404 g/mol. The van der Waals surface area contributed by atoms with Gasteiger partial charge in [-0.05, 0) is 42.2 Å². The number of primary amides is 1. The van der Waals surface area contributed by atoms with Gasteiger partial charge in [-0.25, -0.2) is 0 Å². The zero-order valence-corrected chi connectivity index (χ0v) is 16.8. The van der Waals surface area contributed by atoms with E-state index in [1.54, 1.807) is 18.2 Å². The van der Waals surface area contributed by atoms with Crippen LogP contribution in [-0.2, 0) is 17.6 Å². The van der Waals surface area contributed by atoms with E-state index in [0.29, 0.717) is 22.7 Å². The third-order valence-corrected chi connectivity index (χ3v) is 4.58. The number of hydrogen-bond acceptors (Lipinski definition) is 4. The highest BCUT2D eigenvalue weighted by atomic mass is 16.5. The number of amides is 2. The topological polar surface area (TPSA) is 90.7 Å². The summed E-state index contributed by atoms with van der Waals surface area (Å²) < 4.78 is 10.6. The maximum Gasteiger partial charge on any atom is 0.255 e. The van der Waals surface area contributed by atoms with Crippen molar-refractivity contribution in [2.75, 3.05) is 19.0 Å². The molecule has 0 heterocycles. The molecule has 0 aliphatic heterocycles. The van der Waals surface area contributed by atoms with Crippen LogP contribution in [0.25, 0.3) is 0 Å². The molecule has 3 aromatic rings. The second kappa shape index (κ2) is 10.1. The number of methoxy groups -OCH3 is 1. The van der Waals surface area contributed by atoms with Gasteiger partial charge in [0.2, 0.25) is 0 Å². The highest BCUT2D eigenvalue weighted by Gasteiger charge is 2.13. The monoisotopic (exact) mass is 404 g/mol. The number of hydrogen-bond donors (Lipinski definition) is 2. The van der Waals surface area contributed by atoms with Crippen LogP contribution in [-0.4, -0.2) is 25.5 Å². The third kappa shape index (κ3) is 5.61. The Morgan fingerprint density at radius 3 is 2.37 bits per heavy atom. The fourth-order valence-corrected chi connectivity index (χ4v) is 3.10. The number of ether oxygens (including phenoxy) is 2. The number of rotatable bonds is 9. The fourth-order valence-electron chi connectivity index (χ4n) is 3.10. The number of benzene rings is 3. The Labute approximate surface area is 175 Å². The molecule has 3 N–H and O–H groups in total.